The van der Waals surface area contributed by atoms with Gasteiger partial charge in [0.2, 0.25) is 0 Å². The van der Waals surface area contributed by atoms with Crippen LogP contribution in [0.5, 0.6) is 0 Å². The zero-order valence-electron chi connectivity index (χ0n) is 15.4. The Bertz CT molecular complexity index is 1020. The van der Waals surface area contributed by atoms with E-state index in [0.29, 0.717) is 23.8 Å². The Morgan fingerprint density at radius 3 is 2.30 bits per heavy atom. The number of rotatable bonds is 6. The molecule has 8 heteroatoms. The predicted molar refractivity (Wildman–Crippen MR) is 109 cm³/mol. The van der Waals surface area contributed by atoms with Crippen LogP contribution in [0.2, 0.25) is 0 Å². The topological polar surface area (TPSA) is 70.6 Å². The number of hydrogen-bond donors (Lipinski definition) is 0. The van der Waals surface area contributed by atoms with Crippen LogP contribution in [0.4, 0.5) is 5.13 Å². The number of anilines is 1. The van der Waals surface area contributed by atoms with Crippen molar-refractivity contribution < 1.29 is 13.2 Å². The lowest BCUT2D eigenvalue weighted by Gasteiger charge is -2.22. The SMILES string of the molecule is CN(C)CCN(C(=O)c1ccc(S(C)(=O)=O)cc1)c1nc2ccccc2s1. The highest BCUT2D eigenvalue weighted by Gasteiger charge is 2.22. The maximum absolute atomic E-state index is 13.1. The molecule has 1 heterocycles. The number of carbonyl (C=O) groups is 1. The van der Waals surface area contributed by atoms with Crippen molar-refractivity contribution in [3.8, 4) is 0 Å². The third-order valence-electron chi connectivity index (χ3n) is 4.06. The average molecular weight is 404 g/mol. The maximum Gasteiger partial charge on any atom is 0.260 e. The van der Waals surface area contributed by atoms with Gasteiger partial charge in [-0.15, -0.1) is 0 Å². The van der Waals surface area contributed by atoms with E-state index in [1.807, 2.05) is 43.3 Å². The number of amides is 1. The van der Waals surface area contributed by atoms with Crippen LogP contribution in [0, 0.1) is 0 Å². The van der Waals surface area contributed by atoms with Gasteiger partial charge in [-0.05, 0) is 50.5 Å². The van der Waals surface area contributed by atoms with Gasteiger partial charge in [-0.2, -0.15) is 0 Å². The molecule has 142 valence electrons. The first-order valence-electron chi connectivity index (χ1n) is 8.38. The number of aromatic nitrogens is 1. The van der Waals surface area contributed by atoms with Gasteiger partial charge in [-0.1, -0.05) is 23.5 Å². The molecule has 6 nitrogen and oxygen atoms in total. The number of fused-ring (bicyclic) bond motifs is 1. The van der Waals surface area contributed by atoms with E-state index in [0.717, 1.165) is 16.5 Å². The first kappa shape index (κ1) is 19.5. The van der Waals surface area contributed by atoms with Crippen molar-refractivity contribution in [3.05, 3.63) is 54.1 Å². The Hall–Kier alpha value is -2.29. The van der Waals surface area contributed by atoms with E-state index >= 15 is 0 Å². The Balaban J connectivity index is 1.95. The van der Waals surface area contributed by atoms with Crippen molar-refractivity contribution in [2.75, 3.05) is 38.3 Å². The number of likely N-dealkylation sites (N-methyl/N-ethyl adjacent to an activating group) is 1. The molecule has 3 aromatic rings. The van der Waals surface area contributed by atoms with Crippen LogP contribution < -0.4 is 4.90 Å². The summed E-state index contributed by atoms with van der Waals surface area (Å²) in [6.07, 6.45) is 1.15. The van der Waals surface area contributed by atoms with Gasteiger partial charge in [0, 0.05) is 24.9 Å². The summed E-state index contributed by atoms with van der Waals surface area (Å²) in [5, 5.41) is 0.634. The third-order valence-corrected chi connectivity index (χ3v) is 6.25. The summed E-state index contributed by atoms with van der Waals surface area (Å²) in [6, 6.07) is 13.8. The van der Waals surface area contributed by atoms with E-state index < -0.39 is 9.84 Å². The fourth-order valence-electron chi connectivity index (χ4n) is 2.56. The molecule has 0 spiro atoms. The smallest absolute Gasteiger partial charge is 0.260 e. The van der Waals surface area contributed by atoms with Gasteiger partial charge in [-0.3, -0.25) is 9.69 Å². The highest BCUT2D eigenvalue weighted by molar-refractivity contribution is 7.90. The minimum absolute atomic E-state index is 0.193. The molecular formula is C19H21N3O3S2. The van der Waals surface area contributed by atoms with E-state index in [9.17, 15) is 13.2 Å². The third kappa shape index (κ3) is 4.52. The van der Waals surface area contributed by atoms with Crippen LogP contribution in [0.25, 0.3) is 10.2 Å². The Labute approximate surface area is 163 Å². The normalized spacial score (nSPS) is 11.9. The lowest BCUT2D eigenvalue weighted by Crippen LogP contribution is -2.36. The zero-order valence-corrected chi connectivity index (χ0v) is 17.0. The second-order valence-corrected chi connectivity index (χ2v) is 9.55. The minimum Gasteiger partial charge on any atom is -0.308 e. The number of thiazole rings is 1. The van der Waals surface area contributed by atoms with Crippen molar-refractivity contribution in [1.82, 2.24) is 9.88 Å². The summed E-state index contributed by atoms with van der Waals surface area (Å²) in [5.74, 6) is -0.198. The molecule has 0 radical (unpaired) electrons. The van der Waals surface area contributed by atoms with Gasteiger partial charge in [0.05, 0.1) is 15.1 Å². The van der Waals surface area contributed by atoms with Crippen molar-refractivity contribution in [1.29, 1.82) is 0 Å². The van der Waals surface area contributed by atoms with Gasteiger partial charge in [-0.25, -0.2) is 13.4 Å². The molecule has 0 aliphatic carbocycles. The summed E-state index contributed by atoms with van der Waals surface area (Å²) in [5.41, 5.74) is 1.29. The number of nitrogens with zero attached hydrogens (tertiary/aromatic N) is 3. The highest BCUT2D eigenvalue weighted by atomic mass is 32.2. The van der Waals surface area contributed by atoms with E-state index in [1.165, 1.54) is 23.5 Å². The first-order valence-corrected chi connectivity index (χ1v) is 11.1. The lowest BCUT2D eigenvalue weighted by atomic mass is 10.2. The van der Waals surface area contributed by atoms with Crippen LogP contribution >= 0.6 is 11.3 Å². The Morgan fingerprint density at radius 1 is 1.04 bits per heavy atom. The quantitative estimate of drug-likeness (QED) is 0.633. The summed E-state index contributed by atoms with van der Waals surface area (Å²) in [7, 11) is 0.594. The zero-order chi connectivity index (χ0) is 19.6. The molecule has 27 heavy (non-hydrogen) atoms. The molecule has 0 unspecified atom stereocenters. The minimum atomic E-state index is -3.30. The first-order chi connectivity index (χ1) is 12.8. The standard InChI is InChI=1S/C19H21N3O3S2/c1-21(2)12-13-22(19-20-16-6-4-5-7-17(16)26-19)18(23)14-8-10-15(11-9-14)27(3,24)25/h4-11H,12-13H2,1-3H3. The lowest BCUT2D eigenvalue weighted by molar-refractivity contribution is 0.0985. The second-order valence-electron chi connectivity index (χ2n) is 6.52. The van der Waals surface area contributed by atoms with Crippen molar-refractivity contribution >= 4 is 42.4 Å². The van der Waals surface area contributed by atoms with Gasteiger partial charge in [0.15, 0.2) is 15.0 Å². The van der Waals surface area contributed by atoms with Gasteiger partial charge < -0.3 is 4.90 Å². The molecule has 0 bridgehead atoms. The van der Waals surface area contributed by atoms with Gasteiger partial charge in [0.25, 0.3) is 5.91 Å². The van der Waals surface area contributed by atoms with E-state index in [4.69, 9.17) is 0 Å². The van der Waals surface area contributed by atoms with E-state index in [2.05, 4.69) is 4.98 Å². The molecule has 0 atom stereocenters. The summed E-state index contributed by atoms with van der Waals surface area (Å²) in [6.45, 7) is 1.17. The molecule has 0 aliphatic rings. The fraction of sp³-hybridized carbons (Fsp3) is 0.263. The summed E-state index contributed by atoms with van der Waals surface area (Å²) < 4.78 is 24.3. The predicted octanol–water partition coefficient (Wildman–Crippen LogP) is 2.91. The molecular weight excluding hydrogens is 382 g/mol. The fourth-order valence-corrected chi connectivity index (χ4v) is 4.18. The van der Waals surface area contributed by atoms with Crippen molar-refractivity contribution in [2.45, 2.75) is 4.90 Å². The molecule has 1 aromatic heterocycles. The van der Waals surface area contributed by atoms with Gasteiger partial charge in [0.1, 0.15) is 0 Å². The largest absolute Gasteiger partial charge is 0.308 e. The summed E-state index contributed by atoms with van der Waals surface area (Å²) >= 11 is 1.47. The van der Waals surface area contributed by atoms with Gasteiger partial charge >= 0.3 is 0 Å². The van der Waals surface area contributed by atoms with Crippen LogP contribution in [0.15, 0.2) is 53.4 Å². The monoisotopic (exact) mass is 403 g/mol. The number of para-hydroxylation sites is 1. The van der Waals surface area contributed by atoms with Crippen LogP contribution in [0.1, 0.15) is 10.4 Å². The van der Waals surface area contributed by atoms with Crippen LogP contribution in [-0.4, -0.2) is 57.6 Å². The van der Waals surface area contributed by atoms with Crippen LogP contribution in [0.3, 0.4) is 0 Å². The maximum atomic E-state index is 13.1. The Morgan fingerprint density at radius 2 is 1.70 bits per heavy atom. The molecule has 0 aliphatic heterocycles. The summed E-state index contributed by atoms with van der Waals surface area (Å²) in [4.78, 5) is 21.6. The molecule has 0 fully saturated rings. The highest BCUT2D eigenvalue weighted by Crippen LogP contribution is 2.29. The molecule has 3 rings (SSSR count). The molecule has 0 N–H and O–H groups in total. The number of carbonyl (C=O) groups excluding carboxylic acids is 1. The Kier molecular flexibility index (Phi) is 5.59. The number of hydrogen-bond acceptors (Lipinski definition) is 6. The molecule has 2 aromatic carbocycles. The average Bonchev–Trinajstić information content (AvgIpc) is 3.04. The molecule has 0 saturated carbocycles. The number of benzene rings is 2. The molecule has 0 saturated heterocycles. The van der Waals surface area contributed by atoms with E-state index in [-0.39, 0.29) is 10.8 Å². The molecule has 1 amide bonds. The van der Waals surface area contributed by atoms with Crippen molar-refractivity contribution in [3.63, 3.8) is 0 Å². The number of sulfone groups is 1. The second kappa shape index (κ2) is 7.75. The van der Waals surface area contributed by atoms with Crippen LogP contribution in [-0.2, 0) is 9.84 Å². The van der Waals surface area contributed by atoms with Crippen molar-refractivity contribution in [2.24, 2.45) is 0 Å². The van der Waals surface area contributed by atoms with E-state index in [1.54, 1.807) is 17.0 Å².